The van der Waals surface area contributed by atoms with Crippen molar-refractivity contribution in [3.05, 3.63) is 41.7 Å². The Morgan fingerprint density at radius 3 is 2.89 bits per heavy atom. The standard InChI is InChI=1S/C13H11N3O2/c17-12-7-15-13(18)11(16-12)5-8-6-14-10-4-2-1-3-9(8)10/h1-6,14H,7H2,(H,15,18)(H,16,17)/b11-5-. The summed E-state index contributed by atoms with van der Waals surface area (Å²) in [7, 11) is 0. The minimum Gasteiger partial charge on any atom is -0.361 e. The number of fused-ring (bicyclic) bond motifs is 1. The Balaban J connectivity index is 2.04. The molecular weight excluding hydrogens is 230 g/mol. The summed E-state index contributed by atoms with van der Waals surface area (Å²) in [5.41, 5.74) is 2.14. The molecule has 3 N–H and O–H groups in total. The van der Waals surface area contributed by atoms with Gasteiger partial charge in [0, 0.05) is 22.7 Å². The van der Waals surface area contributed by atoms with Crippen molar-refractivity contribution in [3.63, 3.8) is 0 Å². The van der Waals surface area contributed by atoms with E-state index in [0.717, 1.165) is 16.5 Å². The van der Waals surface area contributed by atoms with Crippen LogP contribution in [-0.4, -0.2) is 23.3 Å². The molecule has 90 valence electrons. The van der Waals surface area contributed by atoms with Crippen LogP contribution in [0.5, 0.6) is 0 Å². The van der Waals surface area contributed by atoms with Crippen LogP contribution in [0.15, 0.2) is 36.2 Å². The van der Waals surface area contributed by atoms with Crippen molar-refractivity contribution in [2.75, 3.05) is 6.54 Å². The molecule has 2 aromatic rings. The van der Waals surface area contributed by atoms with E-state index in [9.17, 15) is 9.59 Å². The Hall–Kier alpha value is -2.56. The zero-order valence-corrected chi connectivity index (χ0v) is 9.49. The Morgan fingerprint density at radius 1 is 1.17 bits per heavy atom. The summed E-state index contributed by atoms with van der Waals surface area (Å²) in [5.74, 6) is -0.472. The van der Waals surface area contributed by atoms with Crippen LogP contribution in [0.1, 0.15) is 5.56 Å². The van der Waals surface area contributed by atoms with Gasteiger partial charge in [0.15, 0.2) is 0 Å². The quantitative estimate of drug-likeness (QED) is 0.645. The van der Waals surface area contributed by atoms with Crippen LogP contribution >= 0.6 is 0 Å². The number of amides is 2. The number of nitrogens with one attached hydrogen (secondary N) is 3. The number of aromatic amines is 1. The van der Waals surface area contributed by atoms with E-state index in [0.29, 0.717) is 0 Å². The highest BCUT2D eigenvalue weighted by atomic mass is 16.2. The Bertz CT molecular complexity index is 670. The second-order valence-corrected chi connectivity index (χ2v) is 4.08. The summed E-state index contributed by atoms with van der Waals surface area (Å²) in [6.07, 6.45) is 3.48. The average Bonchev–Trinajstić information content (AvgIpc) is 2.78. The van der Waals surface area contributed by atoms with Crippen molar-refractivity contribution in [2.45, 2.75) is 0 Å². The number of carbonyl (C=O) groups excluding carboxylic acids is 2. The van der Waals surface area contributed by atoms with Crippen molar-refractivity contribution in [2.24, 2.45) is 0 Å². The van der Waals surface area contributed by atoms with Crippen molar-refractivity contribution in [1.82, 2.24) is 15.6 Å². The second-order valence-electron chi connectivity index (χ2n) is 4.08. The first kappa shape index (κ1) is 10.6. The topological polar surface area (TPSA) is 74.0 Å². The predicted octanol–water partition coefficient (Wildman–Crippen LogP) is 0.755. The molecule has 0 bridgehead atoms. The average molecular weight is 241 g/mol. The molecule has 3 rings (SSSR count). The van der Waals surface area contributed by atoms with Gasteiger partial charge >= 0.3 is 0 Å². The normalized spacial score (nSPS) is 17.9. The van der Waals surface area contributed by atoms with Gasteiger partial charge < -0.3 is 15.6 Å². The van der Waals surface area contributed by atoms with Gasteiger partial charge in [-0.25, -0.2) is 0 Å². The fourth-order valence-electron chi connectivity index (χ4n) is 1.98. The van der Waals surface area contributed by atoms with Crippen LogP contribution < -0.4 is 10.6 Å². The van der Waals surface area contributed by atoms with Crippen LogP contribution in [0.3, 0.4) is 0 Å². The van der Waals surface area contributed by atoms with Crippen LogP contribution in [0.4, 0.5) is 0 Å². The fraction of sp³-hybridized carbons (Fsp3) is 0.0769. The van der Waals surface area contributed by atoms with Gasteiger partial charge in [0.2, 0.25) is 5.91 Å². The molecule has 1 aliphatic rings. The molecule has 1 aliphatic heterocycles. The molecule has 1 saturated heterocycles. The molecule has 0 aliphatic carbocycles. The molecule has 0 atom stereocenters. The summed E-state index contributed by atoms with van der Waals surface area (Å²) in [6, 6.07) is 7.78. The summed E-state index contributed by atoms with van der Waals surface area (Å²) < 4.78 is 0. The number of piperazine rings is 1. The summed E-state index contributed by atoms with van der Waals surface area (Å²) in [5, 5.41) is 6.09. The second kappa shape index (κ2) is 4.03. The van der Waals surface area contributed by atoms with E-state index in [1.54, 1.807) is 6.08 Å². The molecule has 5 nitrogen and oxygen atoms in total. The van der Waals surface area contributed by atoms with E-state index in [-0.39, 0.29) is 24.1 Å². The van der Waals surface area contributed by atoms with Gasteiger partial charge in [-0.15, -0.1) is 0 Å². The highest BCUT2D eigenvalue weighted by molar-refractivity contribution is 6.07. The zero-order valence-electron chi connectivity index (χ0n) is 9.49. The molecule has 1 aromatic heterocycles. The molecule has 18 heavy (non-hydrogen) atoms. The van der Waals surface area contributed by atoms with Gasteiger partial charge in [0.05, 0.1) is 6.54 Å². The first-order valence-corrected chi connectivity index (χ1v) is 5.60. The van der Waals surface area contributed by atoms with E-state index in [4.69, 9.17) is 0 Å². The lowest BCUT2D eigenvalue weighted by atomic mass is 10.1. The molecule has 0 unspecified atom stereocenters. The molecular formula is C13H11N3O2. The lowest BCUT2D eigenvalue weighted by Crippen LogP contribution is -2.46. The molecule has 0 radical (unpaired) electrons. The smallest absolute Gasteiger partial charge is 0.268 e. The Morgan fingerprint density at radius 2 is 2.00 bits per heavy atom. The number of carbonyl (C=O) groups is 2. The highest BCUT2D eigenvalue weighted by Gasteiger charge is 2.19. The lowest BCUT2D eigenvalue weighted by molar-refractivity contribution is -0.127. The number of hydrogen-bond donors (Lipinski definition) is 3. The molecule has 0 spiro atoms. The maximum atomic E-state index is 11.6. The van der Waals surface area contributed by atoms with Gasteiger partial charge in [-0.2, -0.15) is 0 Å². The molecule has 1 fully saturated rings. The van der Waals surface area contributed by atoms with Gasteiger partial charge in [-0.3, -0.25) is 9.59 Å². The molecule has 2 heterocycles. The van der Waals surface area contributed by atoms with Gasteiger partial charge in [0.1, 0.15) is 5.70 Å². The minimum absolute atomic E-state index is 0.0318. The molecule has 0 saturated carbocycles. The first-order valence-electron chi connectivity index (χ1n) is 5.60. The van der Waals surface area contributed by atoms with E-state index < -0.39 is 0 Å². The van der Waals surface area contributed by atoms with Crippen LogP contribution in [0.2, 0.25) is 0 Å². The first-order chi connectivity index (χ1) is 8.74. The number of benzene rings is 1. The van der Waals surface area contributed by atoms with E-state index in [2.05, 4.69) is 15.6 Å². The number of para-hydroxylation sites is 1. The van der Waals surface area contributed by atoms with Crippen LogP contribution in [0, 0.1) is 0 Å². The van der Waals surface area contributed by atoms with Gasteiger partial charge in [-0.05, 0) is 12.1 Å². The van der Waals surface area contributed by atoms with Crippen molar-refractivity contribution >= 4 is 28.8 Å². The Labute approximate surface area is 103 Å². The number of rotatable bonds is 1. The lowest BCUT2D eigenvalue weighted by Gasteiger charge is -2.15. The number of hydrogen-bond acceptors (Lipinski definition) is 2. The largest absolute Gasteiger partial charge is 0.361 e. The molecule has 1 aromatic carbocycles. The van der Waals surface area contributed by atoms with Crippen molar-refractivity contribution in [1.29, 1.82) is 0 Å². The Kier molecular flexibility index (Phi) is 2.37. The minimum atomic E-state index is -0.264. The van der Waals surface area contributed by atoms with Gasteiger partial charge in [0.25, 0.3) is 5.91 Å². The fourth-order valence-corrected chi connectivity index (χ4v) is 1.98. The van der Waals surface area contributed by atoms with Crippen molar-refractivity contribution in [3.8, 4) is 0 Å². The van der Waals surface area contributed by atoms with E-state index in [1.807, 2.05) is 30.5 Å². The van der Waals surface area contributed by atoms with E-state index in [1.165, 1.54) is 0 Å². The van der Waals surface area contributed by atoms with Crippen molar-refractivity contribution < 1.29 is 9.59 Å². The SMILES string of the molecule is O=C1CNC(=O)/C(=C/c2c[nH]c3ccccc23)N1. The maximum Gasteiger partial charge on any atom is 0.268 e. The third kappa shape index (κ3) is 1.75. The number of aromatic nitrogens is 1. The third-order valence-electron chi connectivity index (χ3n) is 2.85. The summed E-state index contributed by atoms with van der Waals surface area (Å²) >= 11 is 0. The van der Waals surface area contributed by atoms with E-state index >= 15 is 0 Å². The predicted molar refractivity (Wildman–Crippen MR) is 67.4 cm³/mol. The number of H-pyrrole nitrogens is 1. The third-order valence-corrected chi connectivity index (χ3v) is 2.85. The van der Waals surface area contributed by atoms with Gasteiger partial charge in [-0.1, -0.05) is 18.2 Å². The highest BCUT2D eigenvalue weighted by Crippen LogP contribution is 2.20. The zero-order chi connectivity index (χ0) is 12.5. The summed E-state index contributed by atoms with van der Waals surface area (Å²) in [4.78, 5) is 25.9. The maximum absolute atomic E-state index is 11.6. The molecule has 2 amide bonds. The van der Waals surface area contributed by atoms with Crippen LogP contribution in [-0.2, 0) is 9.59 Å². The summed E-state index contributed by atoms with van der Waals surface area (Å²) in [6.45, 7) is 0.0318. The monoisotopic (exact) mass is 241 g/mol. The molecule has 5 heteroatoms. The van der Waals surface area contributed by atoms with Crippen LogP contribution in [0.25, 0.3) is 17.0 Å².